The number of rotatable bonds is 3. The third-order valence-corrected chi connectivity index (χ3v) is 3.90. The molecule has 0 amide bonds. The molecule has 10 heteroatoms. The summed E-state index contributed by atoms with van der Waals surface area (Å²) in [7, 11) is -4.99. The van der Waals surface area contributed by atoms with E-state index in [-0.39, 0.29) is 0 Å². The zero-order chi connectivity index (χ0) is 17.4. The Hall–Kier alpha value is -2.23. The molecule has 0 atom stereocenters. The maximum absolute atomic E-state index is 13.5. The van der Waals surface area contributed by atoms with Crippen molar-refractivity contribution in [2.45, 2.75) is 11.1 Å². The lowest BCUT2D eigenvalue weighted by Crippen LogP contribution is -2.14. The molecule has 0 saturated carbocycles. The van der Waals surface area contributed by atoms with Crippen LogP contribution in [0, 0.1) is 17.5 Å². The Morgan fingerprint density at radius 3 is 2.17 bits per heavy atom. The summed E-state index contributed by atoms with van der Waals surface area (Å²) in [5.41, 5.74) is -1.20. The van der Waals surface area contributed by atoms with Crippen LogP contribution in [0.3, 0.4) is 0 Å². The molecule has 23 heavy (non-hydrogen) atoms. The summed E-state index contributed by atoms with van der Waals surface area (Å²) in [5.74, 6) is -6.46. The highest BCUT2D eigenvalue weighted by molar-refractivity contribution is 7.87. The fourth-order valence-corrected chi connectivity index (χ4v) is 2.59. The largest absolute Gasteiger partial charge is 0.416 e. The van der Waals surface area contributed by atoms with Crippen LogP contribution in [0.5, 0.6) is 5.75 Å². The van der Waals surface area contributed by atoms with Crippen LogP contribution in [-0.4, -0.2) is 8.42 Å². The van der Waals surface area contributed by atoms with E-state index >= 15 is 0 Å². The third-order valence-electron chi connectivity index (χ3n) is 2.64. The van der Waals surface area contributed by atoms with E-state index in [1.54, 1.807) is 0 Å². The van der Waals surface area contributed by atoms with Crippen LogP contribution >= 0.6 is 0 Å². The average Bonchev–Trinajstić information content (AvgIpc) is 2.43. The molecule has 3 nitrogen and oxygen atoms in total. The van der Waals surface area contributed by atoms with Crippen molar-refractivity contribution in [2.75, 3.05) is 0 Å². The lowest BCUT2D eigenvalue weighted by Gasteiger charge is -2.11. The smallest absolute Gasteiger partial charge is 0.379 e. The zero-order valence-corrected chi connectivity index (χ0v) is 11.7. The zero-order valence-electron chi connectivity index (χ0n) is 10.9. The highest BCUT2D eigenvalue weighted by Crippen LogP contribution is 2.32. The van der Waals surface area contributed by atoms with E-state index in [2.05, 4.69) is 4.18 Å². The van der Waals surface area contributed by atoms with Crippen molar-refractivity contribution < 1.29 is 38.9 Å². The van der Waals surface area contributed by atoms with Crippen molar-refractivity contribution in [1.29, 1.82) is 0 Å². The van der Waals surface area contributed by atoms with E-state index in [1.165, 1.54) is 0 Å². The molecule has 2 aromatic rings. The fourth-order valence-electron chi connectivity index (χ4n) is 1.60. The molecule has 0 aliphatic rings. The second-order valence-corrected chi connectivity index (χ2v) is 5.75. The molecule has 0 aliphatic heterocycles. The minimum atomic E-state index is -4.99. The molecule has 0 radical (unpaired) electrons. The lowest BCUT2D eigenvalue weighted by molar-refractivity contribution is -0.137. The van der Waals surface area contributed by atoms with Gasteiger partial charge in [0.1, 0.15) is 10.6 Å². The highest BCUT2D eigenvalue weighted by Gasteiger charge is 2.32. The van der Waals surface area contributed by atoms with Crippen LogP contribution in [0.2, 0.25) is 0 Å². The van der Waals surface area contributed by atoms with Gasteiger partial charge in [0.15, 0.2) is 17.5 Å². The maximum atomic E-state index is 13.5. The summed E-state index contributed by atoms with van der Waals surface area (Å²) >= 11 is 0. The molecule has 0 spiro atoms. The van der Waals surface area contributed by atoms with Crippen LogP contribution in [0.1, 0.15) is 5.56 Å². The molecular formula is C13H6F6O3S. The average molecular weight is 356 g/mol. The maximum Gasteiger partial charge on any atom is 0.416 e. The number of hydrogen-bond acceptors (Lipinski definition) is 3. The summed E-state index contributed by atoms with van der Waals surface area (Å²) in [6.07, 6.45) is -4.75. The van der Waals surface area contributed by atoms with Crippen molar-refractivity contribution in [3.8, 4) is 5.75 Å². The summed E-state index contributed by atoms with van der Waals surface area (Å²) in [6.45, 7) is 0. The minimum Gasteiger partial charge on any atom is -0.379 e. The van der Waals surface area contributed by atoms with Gasteiger partial charge < -0.3 is 4.18 Å². The first-order valence-electron chi connectivity index (χ1n) is 5.77. The molecule has 0 fully saturated rings. The monoisotopic (exact) mass is 356 g/mol. The molecule has 2 aromatic carbocycles. The van der Waals surface area contributed by atoms with Gasteiger partial charge in [-0.15, -0.1) is 0 Å². The molecule has 0 N–H and O–H groups in total. The predicted molar refractivity (Wildman–Crippen MR) is 65.6 cm³/mol. The summed E-state index contributed by atoms with van der Waals surface area (Å²) in [5, 5.41) is 0. The molecule has 0 saturated heterocycles. The quantitative estimate of drug-likeness (QED) is 0.476. The first-order chi connectivity index (χ1) is 10.5. The Morgan fingerprint density at radius 2 is 1.57 bits per heavy atom. The molecule has 0 aliphatic carbocycles. The molecular weight excluding hydrogens is 350 g/mol. The van der Waals surface area contributed by atoms with Crippen LogP contribution in [0.4, 0.5) is 26.3 Å². The fraction of sp³-hybridized carbons (Fsp3) is 0.0769. The first-order valence-corrected chi connectivity index (χ1v) is 7.18. The first kappa shape index (κ1) is 17.1. The van der Waals surface area contributed by atoms with Crippen LogP contribution < -0.4 is 4.18 Å². The normalized spacial score (nSPS) is 12.3. The van der Waals surface area contributed by atoms with E-state index in [4.69, 9.17) is 0 Å². The summed E-state index contributed by atoms with van der Waals surface area (Å²) < 4.78 is 105. The molecule has 0 aromatic heterocycles. The molecule has 0 bridgehead atoms. The standard InChI is InChI=1S/C13H6F6O3S/c14-9-4-5-10(12(16)11(9)15)23(20,21)22-8-3-1-2-7(6-8)13(17,18)19/h1-6H. The SMILES string of the molecule is O=S(=O)(Oc1cccc(C(F)(F)F)c1)c1ccc(F)c(F)c1F. The number of halogens is 6. The van der Waals surface area contributed by atoms with Gasteiger partial charge in [0.25, 0.3) is 0 Å². The van der Waals surface area contributed by atoms with Crippen LogP contribution in [0.15, 0.2) is 41.3 Å². The van der Waals surface area contributed by atoms with Gasteiger partial charge in [-0.3, -0.25) is 0 Å². The number of benzene rings is 2. The molecule has 2 rings (SSSR count). The van der Waals surface area contributed by atoms with Gasteiger partial charge >= 0.3 is 16.3 Å². The van der Waals surface area contributed by atoms with Gasteiger partial charge in [0.2, 0.25) is 0 Å². The van der Waals surface area contributed by atoms with Gasteiger partial charge in [-0.25, -0.2) is 13.2 Å². The van der Waals surface area contributed by atoms with Crippen molar-refractivity contribution >= 4 is 10.1 Å². The second kappa shape index (κ2) is 5.76. The van der Waals surface area contributed by atoms with Crippen molar-refractivity contribution in [3.05, 3.63) is 59.4 Å². The Balaban J connectivity index is 2.42. The molecule has 0 heterocycles. The van der Waals surface area contributed by atoms with E-state index < -0.39 is 50.0 Å². The minimum absolute atomic E-state index is 0.348. The molecule has 124 valence electrons. The third kappa shape index (κ3) is 3.58. The van der Waals surface area contributed by atoms with Gasteiger partial charge in [-0.05, 0) is 30.3 Å². The van der Waals surface area contributed by atoms with Crippen molar-refractivity contribution in [1.82, 2.24) is 0 Å². The Labute approximate surface area is 126 Å². The van der Waals surface area contributed by atoms with E-state index in [1.807, 2.05) is 0 Å². The topological polar surface area (TPSA) is 43.4 Å². The van der Waals surface area contributed by atoms with E-state index in [9.17, 15) is 34.8 Å². The molecule has 0 unspecified atom stereocenters. The summed E-state index contributed by atoms with van der Waals surface area (Å²) in [6, 6.07) is 3.53. The Morgan fingerprint density at radius 1 is 0.913 bits per heavy atom. The lowest BCUT2D eigenvalue weighted by atomic mass is 10.2. The van der Waals surface area contributed by atoms with Gasteiger partial charge in [0, 0.05) is 0 Å². The van der Waals surface area contributed by atoms with Crippen LogP contribution in [0.25, 0.3) is 0 Å². The highest BCUT2D eigenvalue weighted by atomic mass is 32.2. The van der Waals surface area contributed by atoms with Gasteiger partial charge in [0.05, 0.1) is 5.56 Å². The van der Waals surface area contributed by atoms with Crippen LogP contribution in [-0.2, 0) is 16.3 Å². The number of hydrogen-bond donors (Lipinski definition) is 0. The van der Waals surface area contributed by atoms with Gasteiger partial charge in [-0.2, -0.15) is 21.6 Å². The Bertz CT molecular complexity index is 845. The Kier molecular flexibility index (Phi) is 4.29. The predicted octanol–water partition coefficient (Wildman–Crippen LogP) is 3.89. The number of alkyl halides is 3. The van der Waals surface area contributed by atoms with Crippen molar-refractivity contribution in [3.63, 3.8) is 0 Å². The van der Waals surface area contributed by atoms with Gasteiger partial charge in [-0.1, -0.05) is 6.07 Å². The second-order valence-electron chi connectivity index (χ2n) is 4.24. The summed E-state index contributed by atoms with van der Waals surface area (Å²) in [4.78, 5) is -1.34. The van der Waals surface area contributed by atoms with E-state index in [0.29, 0.717) is 24.3 Å². The van der Waals surface area contributed by atoms with E-state index in [0.717, 1.165) is 12.1 Å². The van der Waals surface area contributed by atoms with Crippen molar-refractivity contribution in [2.24, 2.45) is 0 Å².